The van der Waals surface area contributed by atoms with Gasteiger partial charge in [0.05, 0.1) is 0 Å². The van der Waals surface area contributed by atoms with Gasteiger partial charge in [0.1, 0.15) is 11.6 Å². The van der Waals surface area contributed by atoms with Crippen LogP contribution in [0.1, 0.15) is 11.1 Å². The summed E-state index contributed by atoms with van der Waals surface area (Å²) >= 11 is 1.77. The van der Waals surface area contributed by atoms with Crippen molar-refractivity contribution in [2.24, 2.45) is 0 Å². The first kappa shape index (κ1) is 36.1. The van der Waals surface area contributed by atoms with E-state index in [1.165, 1.54) is 40.3 Å². The molecule has 1 aliphatic rings. The lowest BCUT2D eigenvalue weighted by Crippen LogP contribution is -2.01. The highest BCUT2D eigenvalue weighted by atomic mass is 32.2. The molecule has 0 saturated carbocycles. The number of aromatic nitrogens is 3. The molecule has 59 heavy (non-hydrogen) atoms. The van der Waals surface area contributed by atoms with E-state index in [1.807, 2.05) is 48.5 Å². The Bertz CT molecular complexity index is 2940. The third kappa shape index (κ3) is 7.38. The van der Waals surface area contributed by atoms with Gasteiger partial charge in [-0.3, -0.25) is 0 Å². The molecule has 0 bridgehead atoms. The van der Waals surface area contributed by atoms with E-state index in [-0.39, 0.29) is 11.6 Å². The first-order valence-corrected chi connectivity index (χ1v) is 20.1. The Morgan fingerprint density at radius 1 is 0.305 bits per heavy atom. The van der Waals surface area contributed by atoms with Crippen LogP contribution >= 0.6 is 11.8 Å². The molecule has 10 rings (SSSR count). The number of halogens is 2. The molecule has 0 aliphatic carbocycles. The molecule has 8 aromatic carbocycles. The van der Waals surface area contributed by atoms with Crippen LogP contribution < -0.4 is 0 Å². The minimum Gasteiger partial charge on any atom is -0.208 e. The Kier molecular flexibility index (Phi) is 9.53. The fraction of sp³-hybridized carbons (Fsp3) is 0. The summed E-state index contributed by atoms with van der Waals surface area (Å²) in [5.41, 5.74) is 12.8. The number of rotatable bonds is 5. The summed E-state index contributed by atoms with van der Waals surface area (Å²) in [4.78, 5) is 17.7. The molecule has 1 aromatic heterocycles. The molecule has 0 fully saturated rings. The Balaban J connectivity index is 1.15. The number of hydrogen-bond donors (Lipinski definition) is 0. The van der Waals surface area contributed by atoms with Crippen molar-refractivity contribution in [2.45, 2.75) is 9.79 Å². The van der Waals surface area contributed by atoms with Crippen LogP contribution in [-0.4, -0.2) is 15.0 Å². The fourth-order valence-electron chi connectivity index (χ4n) is 7.54. The average molecular weight is 782 g/mol. The molecule has 2 heterocycles. The molecule has 280 valence electrons. The maximum absolute atomic E-state index is 13.9. The molecule has 0 saturated heterocycles. The van der Waals surface area contributed by atoms with E-state index in [4.69, 9.17) is 15.0 Å². The summed E-state index contributed by atoms with van der Waals surface area (Å²) in [6.07, 6.45) is 4.39. The highest BCUT2D eigenvalue weighted by Gasteiger charge is 2.19. The number of benzene rings is 8. The predicted molar refractivity (Wildman–Crippen MR) is 237 cm³/mol. The van der Waals surface area contributed by atoms with E-state index in [0.717, 1.165) is 66.1 Å². The van der Waals surface area contributed by atoms with Crippen molar-refractivity contribution in [3.05, 3.63) is 211 Å². The summed E-state index contributed by atoms with van der Waals surface area (Å²) in [5, 5.41) is 0. The highest BCUT2D eigenvalue weighted by molar-refractivity contribution is 7.99. The largest absolute Gasteiger partial charge is 0.208 e. The minimum atomic E-state index is -0.288. The predicted octanol–water partition coefficient (Wildman–Crippen LogP) is 14.5. The van der Waals surface area contributed by atoms with E-state index >= 15 is 0 Å². The zero-order valence-electron chi connectivity index (χ0n) is 31.6. The molecule has 0 amide bonds. The van der Waals surface area contributed by atoms with Gasteiger partial charge in [0.25, 0.3) is 0 Å². The Hall–Kier alpha value is -7.28. The molecule has 9 aromatic rings. The first-order chi connectivity index (χ1) is 29.0. The fourth-order valence-corrected chi connectivity index (χ4v) is 8.65. The average Bonchev–Trinajstić information content (AvgIpc) is 3.31. The van der Waals surface area contributed by atoms with Gasteiger partial charge in [-0.1, -0.05) is 157 Å². The van der Waals surface area contributed by atoms with E-state index < -0.39 is 0 Å². The van der Waals surface area contributed by atoms with Crippen LogP contribution in [0, 0.1) is 11.6 Å². The van der Waals surface area contributed by atoms with Crippen LogP contribution in [-0.2, 0) is 0 Å². The van der Waals surface area contributed by atoms with Crippen LogP contribution in [0.2, 0.25) is 0 Å². The third-order valence-electron chi connectivity index (χ3n) is 10.5. The minimum absolute atomic E-state index is 0.288. The second kappa shape index (κ2) is 15.6. The van der Waals surface area contributed by atoms with Gasteiger partial charge in [0.2, 0.25) is 0 Å². The zero-order chi connectivity index (χ0) is 39.7. The van der Waals surface area contributed by atoms with Crippen molar-refractivity contribution in [1.82, 2.24) is 15.0 Å². The second-order valence-electron chi connectivity index (χ2n) is 14.3. The van der Waals surface area contributed by atoms with Crippen LogP contribution in [0.4, 0.5) is 8.78 Å². The van der Waals surface area contributed by atoms with E-state index in [2.05, 4.69) is 103 Å². The van der Waals surface area contributed by atoms with Gasteiger partial charge in [-0.05, 0) is 110 Å². The maximum atomic E-state index is 13.9. The van der Waals surface area contributed by atoms with E-state index in [1.54, 1.807) is 36.0 Å². The number of hydrogen-bond acceptors (Lipinski definition) is 4. The third-order valence-corrected chi connectivity index (χ3v) is 11.7. The smallest absolute Gasteiger partial charge is 0.164 e. The number of nitrogens with zero attached hydrogens (tertiary/aromatic N) is 3. The van der Waals surface area contributed by atoms with Gasteiger partial charge in [-0.15, -0.1) is 0 Å². The van der Waals surface area contributed by atoms with Gasteiger partial charge in [-0.25, -0.2) is 23.7 Å². The van der Waals surface area contributed by atoms with Crippen LogP contribution in [0.15, 0.2) is 198 Å². The van der Waals surface area contributed by atoms with Crippen LogP contribution in [0.5, 0.6) is 0 Å². The molecule has 0 radical (unpaired) electrons. The molecule has 0 atom stereocenters. The standard InChI is InChI=1S/C53H33F2N3S/c54-43-27-23-34(24-28-43)38-10-7-12-40(31-38)51-56-52(41-13-8-11-39(32-41)35-25-29-44(55)30-26-35)58-53(57-51)42-22-21-37-20-19-36-9-1-2-14-45(36)46-15-3-5-17-49(46)59-50-18-6-4-16-47(50)48(37)33-42/h1-33H/b20-19-. The lowest BCUT2D eigenvalue weighted by atomic mass is 9.95. The lowest BCUT2D eigenvalue weighted by Gasteiger charge is -2.15. The summed E-state index contributed by atoms with van der Waals surface area (Å²) in [7, 11) is 0. The summed E-state index contributed by atoms with van der Waals surface area (Å²) < 4.78 is 27.7. The normalized spacial score (nSPS) is 12.3. The topological polar surface area (TPSA) is 38.7 Å². The SMILES string of the molecule is Fc1ccc(-c2cccc(-c3nc(-c4cccc(-c5ccc(F)cc5)c4)nc(-c4ccc5c(c4)-c4ccccc4Sc4ccccc4-c4ccccc4/C=C\5)n3)c2)cc1. The lowest BCUT2D eigenvalue weighted by molar-refractivity contribution is 0.627. The van der Waals surface area contributed by atoms with Gasteiger partial charge in [-0.2, -0.15) is 0 Å². The van der Waals surface area contributed by atoms with Crippen LogP contribution in [0.3, 0.4) is 0 Å². The first-order valence-electron chi connectivity index (χ1n) is 19.3. The van der Waals surface area contributed by atoms with Gasteiger partial charge >= 0.3 is 0 Å². The summed E-state index contributed by atoms with van der Waals surface area (Å²) in [6.45, 7) is 0. The second-order valence-corrected chi connectivity index (χ2v) is 15.4. The van der Waals surface area contributed by atoms with Crippen molar-refractivity contribution in [3.63, 3.8) is 0 Å². The van der Waals surface area contributed by atoms with E-state index in [0.29, 0.717) is 17.5 Å². The molecule has 0 unspecified atom stereocenters. The summed E-state index contributed by atoms with van der Waals surface area (Å²) in [6, 6.07) is 60.9. The highest BCUT2D eigenvalue weighted by Crippen LogP contribution is 2.44. The quantitative estimate of drug-likeness (QED) is 0.174. The Morgan fingerprint density at radius 3 is 1.25 bits per heavy atom. The van der Waals surface area contributed by atoms with E-state index in [9.17, 15) is 8.78 Å². The van der Waals surface area contributed by atoms with Crippen molar-refractivity contribution in [3.8, 4) is 78.7 Å². The van der Waals surface area contributed by atoms with Crippen molar-refractivity contribution in [1.29, 1.82) is 0 Å². The molecule has 0 spiro atoms. The molecular formula is C53H33F2N3S. The van der Waals surface area contributed by atoms with Gasteiger partial charge in [0.15, 0.2) is 17.5 Å². The molecule has 3 nitrogen and oxygen atoms in total. The Labute approximate surface area is 345 Å². The summed E-state index contributed by atoms with van der Waals surface area (Å²) in [5.74, 6) is 0.947. The van der Waals surface area contributed by atoms with Crippen molar-refractivity contribution >= 4 is 23.9 Å². The molecular weight excluding hydrogens is 749 g/mol. The zero-order valence-corrected chi connectivity index (χ0v) is 32.4. The van der Waals surface area contributed by atoms with Crippen molar-refractivity contribution < 1.29 is 8.78 Å². The molecule has 1 aliphatic heterocycles. The Morgan fingerprint density at radius 2 is 0.712 bits per heavy atom. The molecule has 6 heteroatoms. The monoisotopic (exact) mass is 781 g/mol. The van der Waals surface area contributed by atoms with Gasteiger partial charge in [0, 0.05) is 26.5 Å². The van der Waals surface area contributed by atoms with Gasteiger partial charge < -0.3 is 0 Å². The van der Waals surface area contributed by atoms with Crippen molar-refractivity contribution in [2.75, 3.05) is 0 Å². The number of fused-ring (bicyclic) bond motifs is 6. The molecule has 0 N–H and O–H groups in total. The maximum Gasteiger partial charge on any atom is 0.164 e. The van der Waals surface area contributed by atoms with Crippen LogP contribution in [0.25, 0.3) is 90.8 Å².